The number of likely N-dealkylation sites (tertiary alicyclic amines) is 1. The number of rotatable bonds is 5. The van der Waals surface area contributed by atoms with E-state index in [4.69, 9.17) is 9.26 Å². The monoisotopic (exact) mass is 477 g/mol. The van der Waals surface area contributed by atoms with Gasteiger partial charge >= 0.3 is 6.09 Å². The molecule has 1 aromatic heterocycles. The van der Waals surface area contributed by atoms with Gasteiger partial charge in [0.2, 0.25) is 10.0 Å². The summed E-state index contributed by atoms with van der Waals surface area (Å²) in [5.74, 6) is 0.886. The molecule has 0 atom stereocenters. The zero-order valence-electron chi connectivity index (χ0n) is 19.3. The minimum Gasteiger partial charge on any atom is -0.446 e. The third-order valence-electron chi connectivity index (χ3n) is 6.45. The van der Waals surface area contributed by atoms with Gasteiger partial charge in [-0.1, -0.05) is 17.3 Å². The van der Waals surface area contributed by atoms with Crippen LogP contribution in [0.5, 0.6) is 0 Å². The van der Waals surface area contributed by atoms with E-state index in [0.717, 1.165) is 38.8 Å². The molecule has 0 saturated carbocycles. The molecule has 0 radical (unpaired) electrons. The van der Waals surface area contributed by atoms with Crippen LogP contribution in [-0.2, 0) is 14.8 Å². The molecule has 0 unspecified atom stereocenters. The molecule has 180 valence electrons. The standard InChI is InChI=1S/C22H31N5O5S/c1-16-23-21(32-24-16)19-6-4-5-7-20(19)25(2)22(28)31-18-10-12-26(13-11-18)17-8-14-27(15-9-17)33(3,29)30/h4-7,17-18H,8-15H2,1-3H3. The Morgan fingerprint density at radius 1 is 1.12 bits per heavy atom. The number of carbonyl (C=O) groups is 1. The van der Waals surface area contributed by atoms with Gasteiger partial charge in [-0.25, -0.2) is 17.5 Å². The average molecular weight is 478 g/mol. The third kappa shape index (κ3) is 5.53. The summed E-state index contributed by atoms with van der Waals surface area (Å²) in [7, 11) is -1.44. The molecule has 11 heteroatoms. The maximum atomic E-state index is 12.9. The molecule has 1 amide bonds. The number of amides is 1. The van der Waals surface area contributed by atoms with E-state index in [-0.39, 0.29) is 6.10 Å². The van der Waals surface area contributed by atoms with Crippen LogP contribution in [0.3, 0.4) is 0 Å². The topological polar surface area (TPSA) is 109 Å². The maximum absolute atomic E-state index is 12.9. The Bertz CT molecular complexity index is 1070. The zero-order valence-corrected chi connectivity index (χ0v) is 20.1. The Morgan fingerprint density at radius 2 is 1.79 bits per heavy atom. The van der Waals surface area contributed by atoms with Crippen molar-refractivity contribution in [3.8, 4) is 11.5 Å². The molecule has 0 spiro atoms. The predicted molar refractivity (Wildman–Crippen MR) is 123 cm³/mol. The number of carbonyl (C=O) groups excluding carboxylic acids is 1. The molecule has 2 fully saturated rings. The Morgan fingerprint density at radius 3 is 2.39 bits per heavy atom. The number of ether oxygens (including phenoxy) is 1. The fourth-order valence-corrected chi connectivity index (χ4v) is 5.45. The Hall–Kier alpha value is -2.50. The number of aryl methyl sites for hydroxylation is 1. The maximum Gasteiger partial charge on any atom is 0.414 e. The van der Waals surface area contributed by atoms with Gasteiger partial charge in [0.25, 0.3) is 5.89 Å². The Balaban J connectivity index is 1.30. The molecule has 2 aliphatic heterocycles. The minimum absolute atomic E-state index is 0.148. The van der Waals surface area contributed by atoms with E-state index in [1.165, 1.54) is 11.2 Å². The second-order valence-electron chi connectivity index (χ2n) is 8.74. The van der Waals surface area contributed by atoms with Crippen LogP contribution in [0.2, 0.25) is 0 Å². The molecule has 0 bridgehead atoms. The number of hydrogen-bond donors (Lipinski definition) is 0. The van der Waals surface area contributed by atoms with E-state index in [9.17, 15) is 13.2 Å². The highest BCUT2D eigenvalue weighted by atomic mass is 32.2. The number of anilines is 1. The van der Waals surface area contributed by atoms with Crippen LogP contribution in [0.15, 0.2) is 28.8 Å². The molecule has 10 nitrogen and oxygen atoms in total. The molecule has 1 aromatic carbocycles. The van der Waals surface area contributed by atoms with Gasteiger partial charge in [-0.3, -0.25) is 4.90 Å². The highest BCUT2D eigenvalue weighted by molar-refractivity contribution is 7.88. The van der Waals surface area contributed by atoms with E-state index in [0.29, 0.717) is 42.1 Å². The summed E-state index contributed by atoms with van der Waals surface area (Å²) in [6, 6.07) is 7.74. The number of sulfonamides is 1. The first-order valence-electron chi connectivity index (χ1n) is 11.3. The highest BCUT2D eigenvalue weighted by Gasteiger charge is 2.32. The number of aromatic nitrogens is 2. The summed E-state index contributed by atoms with van der Waals surface area (Å²) < 4.78 is 36.1. The van der Waals surface area contributed by atoms with Crippen LogP contribution in [0.4, 0.5) is 10.5 Å². The number of para-hydroxylation sites is 1. The Labute approximate surface area is 194 Å². The van der Waals surface area contributed by atoms with Crippen LogP contribution in [0.1, 0.15) is 31.5 Å². The van der Waals surface area contributed by atoms with Gasteiger partial charge in [-0.2, -0.15) is 4.98 Å². The van der Waals surface area contributed by atoms with Crippen molar-refractivity contribution in [2.45, 2.75) is 44.8 Å². The van der Waals surface area contributed by atoms with Crippen LogP contribution < -0.4 is 4.90 Å². The molecule has 2 aromatic rings. The van der Waals surface area contributed by atoms with Gasteiger partial charge in [0, 0.05) is 39.3 Å². The molecular formula is C22H31N5O5S. The van der Waals surface area contributed by atoms with Gasteiger partial charge in [-0.05, 0) is 44.7 Å². The molecule has 3 heterocycles. The van der Waals surface area contributed by atoms with Crippen LogP contribution >= 0.6 is 0 Å². The fraction of sp³-hybridized carbons (Fsp3) is 0.591. The van der Waals surface area contributed by atoms with Gasteiger partial charge in [0.05, 0.1) is 17.5 Å². The van der Waals surface area contributed by atoms with Crippen molar-refractivity contribution in [1.82, 2.24) is 19.3 Å². The quantitative estimate of drug-likeness (QED) is 0.646. The summed E-state index contributed by atoms with van der Waals surface area (Å²) >= 11 is 0. The lowest BCUT2D eigenvalue weighted by Crippen LogP contribution is -2.50. The third-order valence-corrected chi connectivity index (χ3v) is 7.75. The van der Waals surface area contributed by atoms with Gasteiger partial charge in [0.15, 0.2) is 5.82 Å². The first-order chi connectivity index (χ1) is 15.7. The zero-order chi connectivity index (χ0) is 23.6. The molecule has 0 N–H and O–H groups in total. The van der Waals surface area contributed by atoms with Crippen molar-refractivity contribution < 1.29 is 22.5 Å². The molecule has 4 rings (SSSR count). The lowest BCUT2D eigenvalue weighted by atomic mass is 10.00. The lowest BCUT2D eigenvalue weighted by molar-refractivity contribution is 0.0325. The SMILES string of the molecule is Cc1noc(-c2ccccc2N(C)C(=O)OC2CCN(C3CCN(S(C)(=O)=O)CC3)CC2)n1. The fourth-order valence-electron chi connectivity index (χ4n) is 4.57. The van der Waals surface area contributed by atoms with E-state index in [1.807, 2.05) is 24.3 Å². The van der Waals surface area contributed by atoms with Crippen LogP contribution in [-0.4, -0.2) is 85.5 Å². The summed E-state index contributed by atoms with van der Waals surface area (Å²) in [6.07, 6.45) is 3.90. The average Bonchev–Trinajstić information content (AvgIpc) is 3.24. The molecular weight excluding hydrogens is 446 g/mol. The van der Waals surface area contributed by atoms with Crippen LogP contribution in [0.25, 0.3) is 11.5 Å². The Kier molecular flexibility index (Phi) is 7.01. The smallest absolute Gasteiger partial charge is 0.414 e. The normalized spacial score (nSPS) is 19.5. The van der Waals surface area contributed by atoms with Crippen LogP contribution in [0, 0.1) is 6.92 Å². The largest absolute Gasteiger partial charge is 0.446 e. The number of nitrogens with zero attached hydrogens (tertiary/aromatic N) is 5. The first kappa shape index (κ1) is 23.7. The molecule has 2 aliphatic rings. The molecule has 33 heavy (non-hydrogen) atoms. The van der Waals surface area contributed by atoms with Gasteiger partial charge < -0.3 is 14.2 Å². The summed E-state index contributed by atoms with van der Waals surface area (Å²) in [6.45, 7) is 4.56. The first-order valence-corrected chi connectivity index (χ1v) is 13.1. The molecule has 0 aliphatic carbocycles. The van der Waals surface area contributed by atoms with Crippen molar-refractivity contribution in [3.63, 3.8) is 0 Å². The van der Waals surface area contributed by atoms with Crippen molar-refractivity contribution in [2.24, 2.45) is 0 Å². The second-order valence-corrected chi connectivity index (χ2v) is 10.7. The minimum atomic E-state index is -3.11. The van der Waals surface area contributed by atoms with Crippen molar-refractivity contribution >= 4 is 21.8 Å². The van der Waals surface area contributed by atoms with Crippen molar-refractivity contribution in [2.75, 3.05) is 44.4 Å². The number of piperidine rings is 2. The van der Waals surface area contributed by atoms with Gasteiger partial charge in [-0.15, -0.1) is 0 Å². The summed E-state index contributed by atoms with van der Waals surface area (Å²) in [4.78, 5) is 21.0. The number of benzene rings is 1. The molecule has 2 saturated heterocycles. The summed E-state index contributed by atoms with van der Waals surface area (Å²) in [5.41, 5.74) is 1.31. The van der Waals surface area contributed by atoms with E-state index in [2.05, 4.69) is 15.0 Å². The second kappa shape index (κ2) is 9.78. The lowest BCUT2D eigenvalue weighted by Gasteiger charge is -2.41. The van der Waals surface area contributed by atoms with E-state index < -0.39 is 16.1 Å². The van der Waals surface area contributed by atoms with Crippen molar-refractivity contribution in [1.29, 1.82) is 0 Å². The van der Waals surface area contributed by atoms with Gasteiger partial charge in [0.1, 0.15) is 6.10 Å². The highest BCUT2D eigenvalue weighted by Crippen LogP contribution is 2.30. The van der Waals surface area contributed by atoms with E-state index in [1.54, 1.807) is 18.3 Å². The number of hydrogen-bond acceptors (Lipinski definition) is 8. The van der Waals surface area contributed by atoms with E-state index >= 15 is 0 Å². The van der Waals surface area contributed by atoms with Crippen molar-refractivity contribution in [3.05, 3.63) is 30.1 Å². The predicted octanol–water partition coefficient (Wildman–Crippen LogP) is 2.51. The summed E-state index contributed by atoms with van der Waals surface area (Å²) in [5, 5.41) is 3.84.